The topological polar surface area (TPSA) is 104 Å². The second-order valence-corrected chi connectivity index (χ2v) is 3.67. The molecule has 0 fully saturated rings. The predicted molar refractivity (Wildman–Crippen MR) is 62.8 cm³/mol. The van der Waals surface area contributed by atoms with Gasteiger partial charge >= 0.3 is 12.0 Å². The molecule has 0 aliphatic carbocycles. The maximum Gasteiger partial charge on any atom is 0.326 e. The van der Waals surface area contributed by atoms with Gasteiger partial charge in [0.15, 0.2) is 0 Å². The van der Waals surface area contributed by atoms with E-state index in [4.69, 9.17) is 9.63 Å². The number of hydrogen-bond acceptors (Lipinski definition) is 4. The lowest BCUT2D eigenvalue weighted by atomic mass is 10.2. The van der Waals surface area contributed by atoms with Gasteiger partial charge in [-0.2, -0.15) is 0 Å². The van der Waals surface area contributed by atoms with Crippen molar-refractivity contribution in [2.45, 2.75) is 25.9 Å². The lowest BCUT2D eigenvalue weighted by Gasteiger charge is -2.12. The molecule has 1 aromatic rings. The number of nitrogens with one attached hydrogen (secondary N) is 2. The monoisotopic (exact) mass is 253 g/mol. The molecule has 0 aliphatic heterocycles. The van der Waals surface area contributed by atoms with Crippen LogP contribution >= 0.6 is 0 Å². The van der Waals surface area contributed by atoms with Crippen LogP contribution in [0.5, 0.6) is 0 Å². The van der Waals surface area contributed by atoms with Crippen LogP contribution in [0.4, 0.5) is 4.79 Å². The quantitative estimate of drug-likeness (QED) is 0.651. The molecule has 98 valence electrons. The number of carboxylic acid groups (broad SMARTS) is 1. The van der Waals surface area contributed by atoms with E-state index in [1.165, 1.54) is 6.08 Å². The zero-order valence-electron chi connectivity index (χ0n) is 9.97. The van der Waals surface area contributed by atoms with Gasteiger partial charge in [-0.3, -0.25) is 0 Å². The Morgan fingerprint density at radius 3 is 2.89 bits per heavy atom. The number of hydrogen-bond donors (Lipinski definition) is 3. The van der Waals surface area contributed by atoms with Crippen molar-refractivity contribution in [1.82, 2.24) is 15.8 Å². The molecule has 1 heterocycles. The van der Waals surface area contributed by atoms with E-state index in [0.29, 0.717) is 11.5 Å². The van der Waals surface area contributed by atoms with Crippen molar-refractivity contribution >= 4 is 12.0 Å². The van der Waals surface area contributed by atoms with Gasteiger partial charge in [0.1, 0.15) is 17.5 Å². The van der Waals surface area contributed by atoms with Crippen LogP contribution in [-0.2, 0) is 11.3 Å². The number of carboxylic acids is 1. The Balaban J connectivity index is 2.40. The summed E-state index contributed by atoms with van der Waals surface area (Å²) in [7, 11) is 0. The fourth-order valence-electron chi connectivity index (χ4n) is 1.27. The van der Waals surface area contributed by atoms with Crippen molar-refractivity contribution in [3.05, 3.63) is 30.2 Å². The molecule has 3 N–H and O–H groups in total. The third kappa shape index (κ3) is 4.28. The maximum absolute atomic E-state index is 11.4. The molecule has 0 saturated heterocycles. The van der Waals surface area contributed by atoms with Crippen molar-refractivity contribution in [3.63, 3.8) is 0 Å². The largest absolute Gasteiger partial charge is 0.480 e. The number of aliphatic carboxylic acids is 1. The van der Waals surface area contributed by atoms with E-state index in [9.17, 15) is 9.59 Å². The normalized spacial score (nSPS) is 11.6. The molecule has 0 spiro atoms. The Morgan fingerprint density at radius 1 is 1.67 bits per heavy atom. The molecule has 18 heavy (non-hydrogen) atoms. The van der Waals surface area contributed by atoms with Gasteiger partial charge in [0.2, 0.25) is 0 Å². The van der Waals surface area contributed by atoms with Crippen molar-refractivity contribution in [3.8, 4) is 0 Å². The van der Waals surface area contributed by atoms with E-state index in [1.54, 1.807) is 13.0 Å². The summed E-state index contributed by atoms with van der Waals surface area (Å²) in [5.74, 6) is -0.468. The second-order valence-electron chi connectivity index (χ2n) is 3.67. The standard InChI is InChI=1S/C11H15N3O4/c1-3-4-9(10(15)16)13-11(17)12-6-8-5-7(2)18-14-8/h3,5,9H,1,4,6H2,2H3,(H,15,16)(H2,12,13,17). The van der Waals surface area contributed by atoms with E-state index in [2.05, 4.69) is 22.4 Å². The minimum Gasteiger partial charge on any atom is -0.480 e. The highest BCUT2D eigenvalue weighted by Gasteiger charge is 2.17. The van der Waals surface area contributed by atoms with Crippen LogP contribution in [0.1, 0.15) is 17.9 Å². The fourth-order valence-corrected chi connectivity index (χ4v) is 1.27. The zero-order valence-corrected chi connectivity index (χ0v) is 9.97. The number of aryl methyl sites for hydroxylation is 1. The van der Waals surface area contributed by atoms with Gasteiger partial charge in [-0.15, -0.1) is 6.58 Å². The minimum absolute atomic E-state index is 0.159. The maximum atomic E-state index is 11.4. The molecule has 1 unspecified atom stereocenters. The molecule has 0 aromatic carbocycles. The number of urea groups is 1. The molecule has 7 heteroatoms. The van der Waals surface area contributed by atoms with E-state index in [0.717, 1.165) is 0 Å². The number of carbonyl (C=O) groups excluding carboxylic acids is 1. The van der Waals surface area contributed by atoms with Gasteiger partial charge in [-0.25, -0.2) is 9.59 Å². The molecule has 0 aliphatic rings. The van der Waals surface area contributed by atoms with Crippen molar-refractivity contribution in [2.24, 2.45) is 0 Å². The molecule has 0 saturated carbocycles. The van der Waals surface area contributed by atoms with Gasteiger partial charge in [-0.1, -0.05) is 11.2 Å². The third-order valence-corrected chi connectivity index (χ3v) is 2.11. The van der Waals surface area contributed by atoms with Crippen LogP contribution in [0.15, 0.2) is 23.2 Å². The smallest absolute Gasteiger partial charge is 0.326 e. The summed E-state index contributed by atoms with van der Waals surface area (Å²) in [5.41, 5.74) is 0.568. The summed E-state index contributed by atoms with van der Waals surface area (Å²) in [6, 6.07) is 0.116. The van der Waals surface area contributed by atoms with Crippen LogP contribution < -0.4 is 10.6 Å². The molecule has 1 aromatic heterocycles. The van der Waals surface area contributed by atoms with E-state index in [1.807, 2.05) is 0 Å². The Labute approximate surface area is 104 Å². The number of amides is 2. The average molecular weight is 253 g/mol. The fraction of sp³-hybridized carbons (Fsp3) is 0.364. The van der Waals surface area contributed by atoms with Gasteiger partial charge in [-0.05, 0) is 13.3 Å². The summed E-state index contributed by atoms with van der Waals surface area (Å²) in [6.45, 7) is 5.34. The van der Waals surface area contributed by atoms with Gasteiger partial charge in [0.25, 0.3) is 0 Å². The summed E-state index contributed by atoms with van der Waals surface area (Å²) < 4.78 is 4.83. The number of rotatable bonds is 6. The Hall–Kier alpha value is -2.31. The first kappa shape index (κ1) is 13.8. The second kappa shape index (κ2) is 6.43. The molecule has 0 radical (unpaired) electrons. The summed E-state index contributed by atoms with van der Waals surface area (Å²) in [4.78, 5) is 22.2. The van der Waals surface area contributed by atoms with Crippen LogP contribution in [0, 0.1) is 6.92 Å². The molecule has 0 bridgehead atoms. The van der Waals surface area contributed by atoms with Crippen molar-refractivity contribution < 1.29 is 19.2 Å². The summed E-state index contributed by atoms with van der Waals surface area (Å²) in [6.07, 6.45) is 1.59. The first-order valence-corrected chi connectivity index (χ1v) is 5.33. The number of aromatic nitrogens is 1. The Bertz CT molecular complexity index is 441. The predicted octanol–water partition coefficient (Wildman–Crippen LogP) is 0.812. The Morgan fingerprint density at radius 2 is 2.39 bits per heavy atom. The molecule has 1 atom stereocenters. The summed E-state index contributed by atoms with van der Waals surface area (Å²) >= 11 is 0. The van der Waals surface area contributed by atoms with Crippen molar-refractivity contribution in [1.29, 1.82) is 0 Å². The van der Waals surface area contributed by atoms with Gasteiger partial charge < -0.3 is 20.3 Å². The lowest BCUT2D eigenvalue weighted by Crippen LogP contribution is -2.45. The molecule has 2 amide bonds. The zero-order chi connectivity index (χ0) is 13.5. The molecular formula is C11H15N3O4. The van der Waals surface area contributed by atoms with Crippen LogP contribution in [0.3, 0.4) is 0 Å². The Kier molecular flexibility index (Phi) is 4.91. The average Bonchev–Trinajstić information content (AvgIpc) is 2.72. The van der Waals surface area contributed by atoms with E-state index >= 15 is 0 Å². The molecule has 7 nitrogen and oxygen atoms in total. The lowest BCUT2D eigenvalue weighted by molar-refractivity contribution is -0.139. The molecular weight excluding hydrogens is 238 g/mol. The minimum atomic E-state index is -1.11. The van der Waals surface area contributed by atoms with E-state index < -0.39 is 18.0 Å². The highest BCUT2D eigenvalue weighted by atomic mass is 16.5. The highest BCUT2D eigenvalue weighted by Crippen LogP contribution is 2.00. The van der Waals surface area contributed by atoms with Crippen LogP contribution in [0.2, 0.25) is 0 Å². The van der Waals surface area contributed by atoms with E-state index in [-0.39, 0.29) is 13.0 Å². The molecule has 1 rings (SSSR count). The van der Waals surface area contributed by atoms with Gasteiger partial charge in [0, 0.05) is 6.07 Å². The number of carbonyl (C=O) groups is 2. The van der Waals surface area contributed by atoms with Gasteiger partial charge in [0.05, 0.1) is 6.54 Å². The first-order chi connectivity index (χ1) is 8.52. The van der Waals surface area contributed by atoms with Crippen LogP contribution in [0.25, 0.3) is 0 Å². The SMILES string of the molecule is C=CCC(NC(=O)NCc1cc(C)on1)C(=O)O. The van der Waals surface area contributed by atoms with Crippen molar-refractivity contribution in [2.75, 3.05) is 0 Å². The first-order valence-electron chi connectivity index (χ1n) is 5.33. The van der Waals surface area contributed by atoms with Crippen LogP contribution in [-0.4, -0.2) is 28.3 Å². The third-order valence-electron chi connectivity index (χ3n) is 2.11. The summed E-state index contributed by atoms with van der Waals surface area (Å²) in [5, 5.41) is 17.3. The highest BCUT2D eigenvalue weighted by molar-refractivity contribution is 5.82. The number of nitrogens with zero attached hydrogens (tertiary/aromatic N) is 1.